The molecule has 1 aliphatic carbocycles. The van der Waals surface area contributed by atoms with Crippen molar-refractivity contribution in [2.24, 2.45) is 5.92 Å². The molecule has 0 heterocycles. The molecule has 0 amide bonds. The van der Waals surface area contributed by atoms with Crippen molar-refractivity contribution in [3.63, 3.8) is 0 Å². The molecule has 1 aromatic carbocycles. The Morgan fingerprint density at radius 1 is 1.28 bits per heavy atom. The molecular weight excluding hydrogens is 252 g/mol. The Hall–Kier alpha value is -1.06. The highest BCUT2D eigenvalue weighted by atomic mass is 35.5. The first-order valence-corrected chi connectivity index (χ1v) is 6.64. The SMILES string of the molecule is O=C(O)c1ccc(CC[C@@H]2CC(Cl)CC2O)cc1. The van der Waals surface area contributed by atoms with E-state index in [2.05, 4.69) is 0 Å². The van der Waals surface area contributed by atoms with E-state index in [-0.39, 0.29) is 17.4 Å². The molecule has 0 radical (unpaired) electrons. The average Bonchev–Trinajstić information content (AvgIpc) is 2.66. The highest BCUT2D eigenvalue weighted by molar-refractivity contribution is 6.20. The fraction of sp³-hybridized carbons (Fsp3) is 0.500. The van der Waals surface area contributed by atoms with Crippen LogP contribution in [0, 0.1) is 5.92 Å². The Balaban J connectivity index is 1.88. The maximum Gasteiger partial charge on any atom is 0.335 e. The van der Waals surface area contributed by atoms with Crippen molar-refractivity contribution in [2.45, 2.75) is 37.2 Å². The summed E-state index contributed by atoms with van der Waals surface area (Å²) in [5.74, 6) is -0.635. The molecule has 2 unspecified atom stereocenters. The smallest absolute Gasteiger partial charge is 0.335 e. The van der Waals surface area contributed by atoms with Crippen LogP contribution in [0.25, 0.3) is 0 Å². The van der Waals surface area contributed by atoms with Crippen LogP contribution in [0.15, 0.2) is 24.3 Å². The molecule has 2 rings (SSSR count). The van der Waals surface area contributed by atoms with E-state index in [4.69, 9.17) is 16.7 Å². The number of carboxylic acids is 1. The van der Waals surface area contributed by atoms with Crippen LogP contribution in [0.2, 0.25) is 0 Å². The summed E-state index contributed by atoms with van der Waals surface area (Å²) in [7, 11) is 0. The number of aromatic carboxylic acids is 1. The van der Waals surface area contributed by atoms with Gasteiger partial charge in [-0.2, -0.15) is 0 Å². The second kappa shape index (κ2) is 5.72. The molecule has 0 aliphatic heterocycles. The Labute approximate surface area is 111 Å². The predicted molar refractivity (Wildman–Crippen MR) is 70.1 cm³/mol. The highest BCUT2D eigenvalue weighted by Gasteiger charge is 2.31. The maximum atomic E-state index is 10.7. The molecule has 3 atom stereocenters. The summed E-state index contributed by atoms with van der Waals surface area (Å²) >= 11 is 6.01. The molecule has 4 heteroatoms. The molecule has 1 fully saturated rings. The standard InChI is InChI=1S/C14H17ClO3/c15-12-7-11(13(16)8-12)6-3-9-1-4-10(5-2-9)14(17)18/h1-2,4-5,11-13,16H,3,6-8H2,(H,17,18)/t11-,12?,13?/m1/s1. The van der Waals surface area contributed by atoms with Crippen LogP contribution < -0.4 is 0 Å². The zero-order valence-corrected chi connectivity index (χ0v) is 10.8. The van der Waals surface area contributed by atoms with Gasteiger partial charge in [0.05, 0.1) is 11.7 Å². The van der Waals surface area contributed by atoms with Gasteiger partial charge in [-0.1, -0.05) is 12.1 Å². The summed E-state index contributed by atoms with van der Waals surface area (Å²) in [6, 6.07) is 6.91. The summed E-state index contributed by atoms with van der Waals surface area (Å²) < 4.78 is 0. The first kappa shape index (κ1) is 13.4. The van der Waals surface area contributed by atoms with Crippen LogP contribution in [-0.2, 0) is 6.42 Å². The summed E-state index contributed by atoms with van der Waals surface area (Å²) in [6.45, 7) is 0. The number of aliphatic hydroxyl groups excluding tert-OH is 1. The average molecular weight is 269 g/mol. The molecule has 2 N–H and O–H groups in total. The van der Waals surface area contributed by atoms with Gasteiger partial charge in [0.1, 0.15) is 0 Å². The van der Waals surface area contributed by atoms with Gasteiger partial charge in [0, 0.05) is 5.38 Å². The third kappa shape index (κ3) is 3.24. The number of alkyl halides is 1. The number of carboxylic acid groups (broad SMARTS) is 1. The van der Waals surface area contributed by atoms with Gasteiger partial charge in [-0.25, -0.2) is 4.79 Å². The summed E-state index contributed by atoms with van der Waals surface area (Å²) in [5, 5.41) is 18.7. The van der Waals surface area contributed by atoms with Gasteiger partial charge in [0.25, 0.3) is 0 Å². The molecule has 0 spiro atoms. The quantitative estimate of drug-likeness (QED) is 0.826. The fourth-order valence-electron chi connectivity index (χ4n) is 2.51. The van der Waals surface area contributed by atoms with E-state index >= 15 is 0 Å². The van der Waals surface area contributed by atoms with Crippen LogP contribution in [0.1, 0.15) is 35.2 Å². The topological polar surface area (TPSA) is 57.5 Å². The number of aliphatic hydroxyl groups is 1. The molecule has 1 aliphatic rings. The van der Waals surface area contributed by atoms with Gasteiger partial charge >= 0.3 is 5.97 Å². The van der Waals surface area contributed by atoms with E-state index in [9.17, 15) is 9.90 Å². The zero-order valence-electron chi connectivity index (χ0n) is 10.1. The van der Waals surface area contributed by atoms with Gasteiger partial charge in [-0.05, 0) is 49.3 Å². The Kier molecular flexibility index (Phi) is 4.25. The van der Waals surface area contributed by atoms with Crippen molar-refractivity contribution < 1.29 is 15.0 Å². The third-order valence-electron chi connectivity index (χ3n) is 3.60. The zero-order chi connectivity index (χ0) is 13.1. The van der Waals surface area contributed by atoms with Crippen molar-refractivity contribution in [1.82, 2.24) is 0 Å². The first-order valence-electron chi connectivity index (χ1n) is 6.20. The number of rotatable bonds is 4. The van der Waals surface area contributed by atoms with Gasteiger partial charge in [0.2, 0.25) is 0 Å². The van der Waals surface area contributed by atoms with Gasteiger partial charge in [-0.3, -0.25) is 0 Å². The van der Waals surface area contributed by atoms with E-state index in [1.165, 1.54) is 0 Å². The summed E-state index contributed by atoms with van der Waals surface area (Å²) in [4.78, 5) is 10.7. The second-order valence-electron chi connectivity index (χ2n) is 4.94. The van der Waals surface area contributed by atoms with Gasteiger partial charge in [-0.15, -0.1) is 11.6 Å². The molecule has 0 bridgehead atoms. The molecule has 98 valence electrons. The predicted octanol–water partition coefficient (Wildman–Crippen LogP) is 2.70. The summed E-state index contributed by atoms with van der Waals surface area (Å²) in [6.07, 6.45) is 3.02. The third-order valence-corrected chi connectivity index (χ3v) is 3.96. The van der Waals surface area contributed by atoms with E-state index in [1.54, 1.807) is 12.1 Å². The first-order chi connectivity index (χ1) is 8.56. The van der Waals surface area contributed by atoms with Crippen LogP contribution in [0.5, 0.6) is 0 Å². The van der Waals surface area contributed by atoms with E-state index < -0.39 is 5.97 Å². The number of benzene rings is 1. The highest BCUT2D eigenvalue weighted by Crippen LogP contribution is 2.33. The molecule has 0 saturated heterocycles. The van der Waals surface area contributed by atoms with Gasteiger partial charge in [0.15, 0.2) is 0 Å². The Morgan fingerprint density at radius 2 is 1.94 bits per heavy atom. The van der Waals surface area contributed by atoms with Crippen LogP contribution in [-0.4, -0.2) is 27.7 Å². The molecule has 3 nitrogen and oxygen atoms in total. The van der Waals surface area contributed by atoms with Crippen LogP contribution in [0.4, 0.5) is 0 Å². The number of aryl methyl sites for hydroxylation is 1. The lowest BCUT2D eigenvalue weighted by molar-refractivity contribution is 0.0697. The largest absolute Gasteiger partial charge is 0.478 e. The molecule has 1 aromatic rings. The fourth-order valence-corrected chi connectivity index (χ4v) is 2.92. The molecule has 0 aromatic heterocycles. The normalized spacial score (nSPS) is 27.3. The van der Waals surface area contributed by atoms with Crippen molar-refractivity contribution in [3.8, 4) is 0 Å². The summed E-state index contributed by atoms with van der Waals surface area (Å²) in [5.41, 5.74) is 1.41. The Bertz CT molecular complexity index is 416. The number of carbonyl (C=O) groups is 1. The Morgan fingerprint density at radius 3 is 2.44 bits per heavy atom. The van der Waals surface area contributed by atoms with Crippen molar-refractivity contribution >= 4 is 17.6 Å². The van der Waals surface area contributed by atoms with Gasteiger partial charge < -0.3 is 10.2 Å². The molecular formula is C14H17ClO3. The lowest BCUT2D eigenvalue weighted by Gasteiger charge is -2.13. The number of halogens is 1. The molecule has 18 heavy (non-hydrogen) atoms. The van der Waals surface area contributed by atoms with E-state index in [0.29, 0.717) is 12.0 Å². The number of hydrogen-bond donors (Lipinski definition) is 2. The minimum Gasteiger partial charge on any atom is -0.478 e. The molecule has 1 saturated carbocycles. The van der Waals surface area contributed by atoms with Crippen molar-refractivity contribution in [2.75, 3.05) is 0 Å². The van der Waals surface area contributed by atoms with E-state index in [0.717, 1.165) is 24.8 Å². The maximum absolute atomic E-state index is 10.7. The van der Waals surface area contributed by atoms with Crippen molar-refractivity contribution in [1.29, 1.82) is 0 Å². The van der Waals surface area contributed by atoms with Crippen LogP contribution >= 0.6 is 11.6 Å². The monoisotopic (exact) mass is 268 g/mol. The minimum absolute atomic E-state index is 0.0967. The second-order valence-corrected chi connectivity index (χ2v) is 5.55. The lowest BCUT2D eigenvalue weighted by atomic mass is 9.96. The number of hydrogen-bond acceptors (Lipinski definition) is 2. The lowest BCUT2D eigenvalue weighted by Crippen LogP contribution is -2.13. The van der Waals surface area contributed by atoms with Crippen LogP contribution in [0.3, 0.4) is 0 Å². The minimum atomic E-state index is -0.905. The van der Waals surface area contributed by atoms with E-state index in [1.807, 2.05) is 12.1 Å². The van der Waals surface area contributed by atoms with Crippen molar-refractivity contribution in [3.05, 3.63) is 35.4 Å².